The van der Waals surface area contributed by atoms with Crippen molar-refractivity contribution in [2.24, 2.45) is 7.05 Å². The van der Waals surface area contributed by atoms with Gasteiger partial charge in [-0.3, -0.25) is 9.48 Å². The summed E-state index contributed by atoms with van der Waals surface area (Å²) >= 11 is 5.95. The van der Waals surface area contributed by atoms with E-state index < -0.39 is 18.5 Å². The van der Waals surface area contributed by atoms with Crippen LogP contribution in [0, 0.1) is 13.8 Å². The van der Waals surface area contributed by atoms with Gasteiger partial charge in [-0.25, -0.2) is 9.48 Å². The third-order valence-electron chi connectivity index (χ3n) is 2.80. The second-order valence-corrected chi connectivity index (χ2v) is 4.58. The molecular formula is C12H13ClN4O3. The van der Waals surface area contributed by atoms with Crippen molar-refractivity contribution in [2.75, 3.05) is 6.61 Å². The Kier molecular flexibility index (Phi) is 3.89. The highest BCUT2D eigenvalue weighted by molar-refractivity contribution is 6.32. The van der Waals surface area contributed by atoms with Crippen LogP contribution in [0.5, 0.6) is 0 Å². The number of carbonyl (C=O) groups is 2. The van der Waals surface area contributed by atoms with Gasteiger partial charge < -0.3 is 4.74 Å². The SMILES string of the molecule is Cc1nn(C(=O)COC(=O)c2ccnn2C)c(C)c1Cl. The average Bonchev–Trinajstić information content (AvgIpc) is 2.95. The fourth-order valence-electron chi connectivity index (χ4n) is 1.70. The van der Waals surface area contributed by atoms with Gasteiger partial charge in [0.25, 0.3) is 5.91 Å². The van der Waals surface area contributed by atoms with Crippen LogP contribution in [0.1, 0.15) is 26.7 Å². The van der Waals surface area contributed by atoms with Crippen molar-refractivity contribution in [3.8, 4) is 0 Å². The Hall–Kier alpha value is -2.15. The maximum absolute atomic E-state index is 11.9. The van der Waals surface area contributed by atoms with E-state index in [1.165, 1.54) is 16.9 Å². The van der Waals surface area contributed by atoms with Gasteiger partial charge in [0.05, 0.1) is 16.4 Å². The third kappa shape index (κ3) is 2.57. The van der Waals surface area contributed by atoms with Crippen LogP contribution in [0.15, 0.2) is 12.3 Å². The molecule has 2 aromatic heterocycles. The van der Waals surface area contributed by atoms with E-state index in [0.29, 0.717) is 16.4 Å². The molecule has 0 radical (unpaired) electrons. The van der Waals surface area contributed by atoms with E-state index in [-0.39, 0.29) is 5.69 Å². The number of halogens is 1. The lowest BCUT2D eigenvalue weighted by atomic mass is 10.4. The largest absolute Gasteiger partial charge is 0.451 e. The second kappa shape index (κ2) is 5.46. The number of aryl methyl sites for hydroxylation is 2. The maximum atomic E-state index is 11.9. The van der Waals surface area contributed by atoms with Crippen LogP contribution in [-0.2, 0) is 11.8 Å². The fraction of sp³-hybridized carbons (Fsp3) is 0.333. The summed E-state index contributed by atoms with van der Waals surface area (Å²) in [6, 6.07) is 1.51. The summed E-state index contributed by atoms with van der Waals surface area (Å²) in [6.45, 7) is 2.95. The van der Waals surface area contributed by atoms with Crippen molar-refractivity contribution >= 4 is 23.5 Å². The van der Waals surface area contributed by atoms with Crippen LogP contribution in [0.3, 0.4) is 0 Å². The van der Waals surface area contributed by atoms with Crippen molar-refractivity contribution in [3.05, 3.63) is 34.4 Å². The average molecular weight is 297 g/mol. The first kappa shape index (κ1) is 14.3. The van der Waals surface area contributed by atoms with Gasteiger partial charge in [-0.2, -0.15) is 10.2 Å². The number of carbonyl (C=O) groups excluding carboxylic acids is 2. The van der Waals surface area contributed by atoms with Crippen LogP contribution >= 0.6 is 11.6 Å². The van der Waals surface area contributed by atoms with Crippen LogP contribution in [0.2, 0.25) is 5.02 Å². The highest BCUT2D eigenvalue weighted by Gasteiger charge is 2.18. The first-order valence-corrected chi connectivity index (χ1v) is 6.19. The first-order chi connectivity index (χ1) is 9.41. The lowest BCUT2D eigenvalue weighted by Crippen LogP contribution is -2.23. The zero-order valence-corrected chi connectivity index (χ0v) is 12.0. The van der Waals surface area contributed by atoms with Gasteiger partial charge in [0.2, 0.25) is 0 Å². The van der Waals surface area contributed by atoms with Crippen molar-refractivity contribution in [1.82, 2.24) is 19.6 Å². The molecule has 0 spiro atoms. The van der Waals surface area contributed by atoms with Gasteiger partial charge in [-0.05, 0) is 19.9 Å². The minimum absolute atomic E-state index is 0.268. The van der Waals surface area contributed by atoms with E-state index in [2.05, 4.69) is 10.2 Å². The summed E-state index contributed by atoms with van der Waals surface area (Å²) in [5.41, 5.74) is 1.34. The molecule has 8 heteroatoms. The van der Waals surface area contributed by atoms with Crippen molar-refractivity contribution in [1.29, 1.82) is 0 Å². The molecule has 0 aromatic carbocycles. The number of hydrogen-bond donors (Lipinski definition) is 0. The Morgan fingerprint density at radius 2 is 2.10 bits per heavy atom. The van der Waals surface area contributed by atoms with Gasteiger partial charge in [-0.15, -0.1) is 0 Å². The highest BCUT2D eigenvalue weighted by atomic mass is 35.5. The van der Waals surface area contributed by atoms with E-state index >= 15 is 0 Å². The van der Waals surface area contributed by atoms with Crippen molar-refractivity contribution in [3.63, 3.8) is 0 Å². The van der Waals surface area contributed by atoms with E-state index in [1.807, 2.05) is 0 Å². The molecule has 7 nitrogen and oxygen atoms in total. The molecule has 0 fully saturated rings. The fourth-order valence-corrected chi connectivity index (χ4v) is 1.82. The number of aromatic nitrogens is 4. The monoisotopic (exact) mass is 296 g/mol. The van der Waals surface area contributed by atoms with Crippen LogP contribution in [0.25, 0.3) is 0 Å². The molecule has 0 N–H and O–H groups in total. The zero-order chi connectivity index (χ0) is 14.9. The summed E-state index contributed by atoms with van der Waals surface area (Å²) in [5.74, 6) is -1.08. The Morgan fingerprint density at radius 3 is 2.60 bits per heavy atom. The maximum Gasteiger partial charge on any atom is 0.357 e. The summed E-state index contributed by atoms with van der Waals surface area (Å²) in [5, 5.41) is 8.27. The Bertz CT molecular complexity index is 674. The number of hydrogen-bond acceptors (Lipinski definition) is 5. The van der Waals surface area contributed by atoms with E-state index in [4.69, 9.17) is 16.3 Å². The molecule has 0 aliphatic rings. The number of rotatable bonds is 3. The number of esters is 1. The van der Waals surface area contributed by atoms with Gasteiger partial charge in [0.1, 0.15) is 5.69 Å². The van der Waals surface area contributed by atoms with Crippen LogP contribution < -0.4 is 0 Å². The standard InChI is InChI=1S/C12H13ClN4O3/c1-7-11(13)8(2)17(15-7)10(18)6-20-12(19)9-4-5-14-16(9)3/h4-5H,6H2,1-3H3. The molecule has 0 saturated carbocycles. The van der Waals surface area contributed by atoms with Gasteiger partial charge in [-0.1, -0.05) is 11.6 Å². The second-order valence-electron chi connectivity index (χ2n) is 4.21. The topological polar surface area (TPSA) is 79.0 Å². The molecule has 0 saturated heterocycles. The normalized spacial score (nSPS) is 10.6. The van der Waals surface area contributed by atoms with Crippen LogP contribution in [0.4, 0.5) is 0 Å². The van der Waals surface area contributed by atoms with Crippen molar-refractivity contribution in [2.45, 2.75) is 13.8 Å². The van der Waals surface area contributed by atoms with E-state index in [1.54, 1.807) is 20.9 Å². The molecule has 2 rings (SSSR count). The lowest BCUT2D eigenvalue weighted by Gasteiger charge is -2.05. The van der Waals surface area contributed by atoms with Gasteiger partial charge in [0, 0.05) is 13.2 Å². The summed E-state index contributed by atoms with van der Waals surface area (Å²) in [6.07, 6.45) is 1.47. The molecule has 0 amide bonds. The van der Waals surface area contributed by atoms with Crippen molar-refractivity contribution < 1.29 is 14.3 Å². The molecule has 0 unspecified atom stereocenters. The predicted octanol–water partition coefficient (Wildman–Crippen LogP) is 1.38. The van der Waals surface area contributed by atoms with E-state index in [9.17, 15) is 9.59 Å². The van der Waals surface area contributed by atoms with Crippen LogP contribution in [-0.4, -0.2) is 38.0 Å². The molecule has 0 bridgehead atoms. The lowest BCUT2D eigenvalue weighted by molar-refractivity contribution is 0.0432. The molecule has 0 atom stereocenters. The first-order valence-electron chi connectivity index (χ1n) is 5.82. The highest BCUT2D eigenvalue weighted by Crippen LogP contribution is 2.18. The predicted molar refractivity (Wildman–Crippen MR) is 70.8 cm³/mol. The summed E-state index contributed by atoms with van der Waals surface area (Å²) in [4.78, 5) is 23.7. The van der Waals surface area contributed by atoms with E-state index in [0.717, 1.165) is 4.68 Å². The minimum atomic E-state index is -0.619. The zero-order valence-electron chi connectivity index (χ0n) is 11.3. The molecule has 0 aliphatic carbocycles. The summed E-state index contributed by atoms with van der Waals surface area (Å²) < 4.78 is 7.44. The molecule has 2 aromatic rings. The minimum Gasteiger partial charge on any atom is -0.451 e. The number of nitrogens with zero attached hydrogens (tertiary/aromatic N) is 4. The van der Waals surface area contributed by atoms with Gasteiger partial charge >= 0.3 is 5.97 Å². The molecule has 0 aliphatic heterocycles. The van der Waals surface area contributed by atoms with Gasteiger partial charge in [0.15, 0.2) is 6.61 Å². The summed E-state index contributed by atoms with van der Waals surface area (Å²) in [7, 11) is 1.61. The Morgan fingerprint density at radius 1 is 1.40 bits per heavy atom. The quantitative estimate of drug-likeness (QED) is 0.800. The Labute approximate surface area is 120 Å². The number of ether oxygens (including phenoxy) is 1. The molecule has 106 valence electrons. The molecule has 2 heterocycles. The smallest absolute Gasteiger partial charge is 0.357 e. The molecular weight excluding hydrogens is 284 g/mol. The third-order valence-corrected chi connectivity index (χ3v) is 3.34. The molecule has 20 heavy (non-hydrogen) atoms. The Balaban J connectivity index is 2.04.